The van der Waals surface area contributed by atoms with E-state index in [1.807, 2.05) is 63.0 Å². The number of aromatic nitrogens is 7. The molecule has 3 amide bonds. The van der Waals surface area contributed by atoms with Crippen LogP contribution in [-0.2, 0) is 34.8 Å². The third-order valence-electron chi connectivity index (χ3n) is 19.4. The van der Waals surface area contributed by atoms with Crippen LogP contribution in [0.5, 0.6) is 17.2 Å². The Bertz CT molecular complexity index is 5420. The fourth-order valence-electron chi connectivity index (χ4n) is 13.5. The number of nitrogens with one attached hydrogen (secondary N) is 4. The predicted molar refractivity (Wildman–Crippen MR) is 426 cm³/mol. The van der Waals surface area contributed by atoms with Gasteiger partial charge >= 0.3 is 6.18 Å². The maximum atomic E-state index is 14.6. The van der Waals surface area contributed by atoms with E-state index in [2.05, 4.69) is 34.6 Å². The monoisotopic (exact) mass is 1680 g/mol. The summed E-state index contributed by atoms with van der Waals surface area (Å²) in [5.74, 6) is -3.41. The molecule has 10 heterocycles. The molecule has 6 aromatic heterocycles. The summed E-state index contributed by atoms with van der Waals surface area (Å²) >= 11 is 0. The summed E-state index contributed by atoms with van der Waals surface area (Å²) in [7, 11) is -12.9. The Kier molecular flexibility index (Phi) is 27.4. The van der Waals surface area contributed by atoms with E-state index in [0.717, 1.165) is 44.6 Å². The number of benzene rings is 3. The zero-order valence-corrected chi connectivity index (χ0v) is 67.6. The minimum Gasteiger partial charge on any atom is -0.493 e. The van der Waals surface area contributed by atoms with Crippen molar-refractivity contribution in [3.8, 4) is 51.0 Å². The van der Waals surface area contributed by atoms with Crippen molar-refractivity contribution in [2.24, 2.45) is 23.7 Å². The molecule has 4 aliphatic heterocycles. The van der Waals surface area contributed by atoms with Crippen molar-refractivity contribution in [1.82, 2.24) is 49.3 Å². The zero-order valence-electron chi connectivity index (χ0n) is 65.2. The largest absolute Gasteiger partial charge is 0.493 e. The van der Waals surface area contributed by atoms with Crippen molar-refractivity contribution in [3.63, 3.8) is 0 Å². The SMILES string of the molecule is CC(C)COc1cc(F)cc(-c2ccc(C(=O)NS(=O)(=O)c3cccc(N)n3)c(N3CCCC34CCOC4)n2)c1.CC(C)COc1cc(F)cc(-c2ccc(C(=O)NS(=O)(=O)c3cccc(N)n3)c(N3CCCCC3C)n2)c1.CC(C)COc1cc(F)cc(-c2ccc(C(=O)NS(=O)(=O)c3ccn[nH]3)c(N3CCC(C(F)(F)F)CC3)n2)c1. The zero-order chi connectivity index (χ0) is 84.3. The second-order valence-electron chi connectivity index (χ2n) is 30.0. The molecule has 8 N–H and O–H groups in total. The lowest BCUT2D eigenvalue weighted by molar-refractivity contribution is -0.179. The number of amides is 3. The van der Waals surface area contributed by atoms with Gasteiger partial charge in [0.25, 0.3) is 47.8 Å². The minimum absolute atomic E-state index is 0.00844. The van der Waals surface area contributed by atoms with E-state index in [4.69, 9.17) is 40.4 Å². The molecule has 0 aliphatic carbocycles. The van der Waals surface area contributed by atoms with Crippen molar-refractivity contribution >= 4 is 76.9 Å². The average Bonchev–Trinajstić information content (AvgIpc) is 1.67. The number of alkyl halides is 3. The Labute approximate surface area is 674 Å². The standard InChI is InChI=1S/C28H32FN5O5S.C27H32FN5O4S.C25H27F4N5O4S/c1-18(2)16-39-21-14-19(13-20(29)15-21)23-8-7-22(26(31-23)34-11-4-9-28(34)10-12-38-17-28)27(35)33-40(36,37)25-6-3-5-24(30)32-25;1-17(2)16-37-21-14-19(13-20(28)15-21)23-11-10-22(26(30-23)33-12-5-4-7-18(33)3)27(34)32-38(35,36)25-9-6-8-24(29)31-25;1-15(2)14-38-19-12-16(11-18(26)13-19)21-4-3-20(24(35)33-39(36,37)22-5-8-30-32-22)23(31-21)34-9-6-17(7-10-34)25(27,28)29/h3,5-8,13-15,18H,4,9-12,16-17H2,1-2H3,(H2,30,32)(H,33,35);6,8-11,13-15,17-18H,4-5,7,12,16H2,1-3H3,(H2,29,31)(H,32,34);3-5,8,11-13,15,17H,6-7,9-10,14H2,1-2H3,(H,30,32)(H,33,35). The molecule has 28 nitrogen and oxygen atoms in total. The lowest BCUT2D eigenvalue weighted by atomic mass is 9.95. The first-order chi connectivity index (χ1) is 55.4. The van der Waals surface area contributed by atoms with Crippen LogP contribution in [0, 0.1) is 41.1 Å². The van der Waals surface area contributed by atoms with Crippen LogP contribution < -0.4 is 54.5 Å². The third-order valence-corrected chi connectivity index (χ3v) is 23.1. The summed E-state index contributed by atoms with van der Waals surface area (Å²) in [4.78, 5) is 67.1. The molecule has 13 rings (SSSR count). The van der Waals surface area contributed by atoms with E-state index >= 15 is 0 Å². The Morgan fingerprint density at radius 2 is 0.983 bits per heavy atom. The molecule has 1 spiro atoms. The first-order valence-corrected chi connectivity index (χ1v) is 42.3. The highest BCUT2D eigenvalue weighted by atomic mass is 32.2. The van der Waals surface area contributed by atoms with Crippen LogP contribution in [-0.4, -0.2) is 155 Å². The number of anilines is 5. The number of hydrogen-bond donors (Lipinski definition) is 6. The highest BCUT2D eigenvalue weighted by molar-refractivity contribution is 7.90. The van der Waals surface area contributed by atoms with Gasteiger partial charge in [0.05, 0.1) is 77.9 Å². The second kappa shape index (κ2) is 37.0. The number of sulfonamides is 3. The summed E-state index contributed by atoms with van der Waals surface area (Å²) in [6, 6.07) is 31.1. The van der Waals surface area contributed by atoms with Gasteiger partial charge in [-0.1, -0.05) is 53.7 Å². The number of halogens is 6. The molecule has 37 heteroatoms. The molecule has 624 valence electrons. The number of H-pyrrole nitrogens is 1. The first-order valence-electron chi connectivity index (χ1n) is 37.9. The van der Waals surface area contributed by atoms with Gasteiger partial charge in [-0.25, -0.2) is 52.3 Å². The number of hydrogen-bond acceptors (Lipinski definition) is 24. The summed E-state index contributed by atoms with van der Waals surface area (Å²) in [5.41, 5.74) is 13.2. The van der Waals surface area contributed by atoms with Gasteiger partial charge in [-0.05, 0) is 179 Å². The Morgan fingerprint density at radius 1 is 0.538 bits per heavy atom. The number of pyridine rings is 5. The molecule has 4 aliphatic rings. The van der Waals surface area contributed by atoms with Crippen molar-refractivity contribution in [2.45, 2.75) is 133 Å². The van der Waals surface area contributed by atoms with Crippen molar-refractivity contribution in [1.29, 1.82) is 0 Å². The quantitative estimate of drug-likeness (QED) is 0.0306. The summed E-state index contributed by atoms with van der Waals surface area (Å²) in [6.45, 7) is 17.3. The van der Waals surface area contributed by atoms with E-state index in [1.54, 1.807) is 30.3 Å². The molecule has 4 fully saturated rings. The molecule has 4 saturated heterocycles. The number of rotatable bonds is 24. The van der Waals surface area contributed by atoms with Gasteiger partial charge in [0.1, 0.15) is 63.8 Å². The van der Waals surface area contributed by atoms with E-state index in [9.17, 15) is 66.0 Å². The van der Waals surface area contributed by atoms with Crippen LogP contribution in [0.25, 0.3) is 33.8 Å². The molecule has 9 aromatic rings. The number of ether oxygens (including phenoxy) is 4. The molecular formula is C80H91F6N15O13S3. The number of carbonyl (C=O) groups is 3. The Morgan fingerprint density at radius 3 is 1.40 bits per heavy atom. The van der Waals surface area contributed by atoms with E-state index in [0.29, 0.717) is 97.3 Å². The predicted octanol–water partition coefficient (Wildman–Crippen LogP) is 12.7. The maximum Gasteiger partial charge on any atom is 0.391 e. The maximum absolute atomic E-state index is 14.6. The number of nitrogen functional groups attached to an aromatic ring is 2. The molecule has 2 atom stereocenters. The van der Waals surface area contributed by atoms with Gasteiger partial charge in [0.15, 0.2) is 15.1 Å². The van der Waals surface area contributed by atoms with Gasteiger partial charge in [0, 0.05) is 73.7 Å². The van der Waals surface area contributed by atoms with Crippen LogP contribution in [0.3, 0.4) is 0 Å². The number of nitrogens with zero attached hydrogens (tertiary/aromatic N) is 9. The fourth-order valence-corrected chi connectivity index (χ4v) is 16.3. The Hall–Kier alpha value is -11.2. The van der Waals surface area contributed by atoms with Crippen molar-refractivity contribution < 1.29 is 84.9 Å². The highest BCUT2D eigenvalue weighted by Crippen LogP contribution is 2.43. The van der Waals surface area contributed by atoms with E-state index in [1.165, 1.54) is 108 Å². The summed E-state index contributed by atoms with van der Waals surface area (Å²) in [6.07, 6.45) is 1.67. The first kappa shape index (κ1) is 86.7. The molecule has 0 radical (unpaired) electrons. The Balaban J connectivity index is 0.000000172. The number of aromatic amines is 1. The van der Waals surface area contributed by atoms with Crippen LogP contribution >= 0.6 is 0 Å². The van der Waals surface area contributed by atoms with E-state index in [-0.39, 0.29) is 116 Å². The molecule has 117 heavy (non-hydrogen) atoms. The van der Waals surface area contributed by atoms with E-state index < -0.39 is 77.3 Å². The van der Waals surface area contributed by atoms with Gasteiger partial charge in [-0.15, -0.1) is 0 Å². The van der Waals surface area contributed by atoms with Crippen LogP contribution in [0.2, 0.25) is 0 Å². The smallest absolute Gasteiger partial charge is 0.391 e. The van der Waals surface area contributed by atoms with Crippen LogP contribution in [0.1, 0.15) is 131 Å². The minimum atomic E-state index is -4.35. The number of piperidine rings is 2. The van der Waals surface area contributed by atoms with Gasteiger partial charge in [-0.2, -0.15) is 43.5 Å². The normalized spacial score (nSPS) is 16.6. The van der Waals surface area contributed by atoms with Gasteiger partial charge < -0.3 is 45.1 Å². The van der Waals surface area contributed by atoms with Crippen molar-refractivity contribution in [2.75, 3.05) is 85.4 Å². The number of carbonyl (C=O) groups excluding carboxylic acids is 3. The highest BCUT2D eigenvalue weighted by Gasteiger charge is 2.47. The molecule has 0 bridgehead atoms. The summed E-state index contributed by atoms with van der Waals surface area (Å²) < 4.78 is 189. The topological polar surface area (TPSA) is 382 Å². The number of nitrogens with two attached hydrogens (primary N) is 2. The van der Waals surface area contributed by atoms with Crippen LogP contribution in [0.4, 0.5) is 55.4 Å². The fraction of sp³-hybridized carbons (Fsp3) is 0.388. The molecule has 0 saturated carbocycles. The third kappa shape index (κ3) is 22.1. The second-order valence-corrected chi connectivity index (χ2v) is 34.9. The van der Waals surface area contributed by atoms with Gasteiger partial charge in [0.2, 0.25) is 0 Å². The molecular weight excluding hydrogens is 1590 g/mol. The van der Waals surface area contributed by atoms with Gasteiger partial charge in [-0.3, -0.25) is 19.5 Å². The molecule has 2 unspecified atom stereocenters. The molecule has 3 aromatic carbocycles. The summed E-state index contributed by atoms with van der Waals surface area (Å²) in [5, 5.41) is 4.73. The van der Waals surface area contributed by atoms with Crippen LogP contribution in [0.15, 0.2) is 155 Å². The average molecular weight is 1680 g/mol. The lowest BCUT2D eigenvalue weighted by Gasteiger charge is -2.35. The lowest BCUT2D eigenvalue weighted by Crippen LogP contribution is -2.46. The van der Waals surface area contributed by atoms with Crippen molar-refractivity contribution in [3.05, 3.63) is 174 Å².